The van der Waals surface area contributed by atoms with Gasteiger partial charge in [0, 0.05) is 0 Å². The lowest BCUT2D eigenvalue weighted by Gasteiger charge is -1.92. The Hall–Kier alpha value is -1.84. The van der Waals surface area contributed by atoms with Crippen molar-refractivity contribution in [1.82, 2.24) is 0 Å². The van der Waals surface area contributed by atoms with E-state index in [2.05, 4.69) is 9.99 Å². The van der Waals surface area contributed by atoms with Crippen LogP contribution in [0.1, 0.15) is 5.56 Å². The first kappa shape index (κ1) is 9.25. The lowest BCUT2D eigenvalue weighted by molar-refractivity contribution is -0.142. The van der Waals surface area contributed by atoms with Crippen LogP contribution in [0, 0.1) is 0 Å². The van der Waals surface area contributed by atoms with Gasteiger partial charge in [0.2, 0.25) is 6.61 Å². The molecule has 0 aromatic heterocycles. The van der Waals surface area contributed by atoms with Crippen LogP contribution in [0.25, 0.3) is 0 Å². The van der Waals surface area contributed by atoms with Gasteiger partial charge in [-0.2, -0.15) is 0 Å². The smallest absolute Gasteiger partial charge is 0.344 e. The van der Waals surface area contributed by atoms with E-state index in [0.29, 0.717) is 0 Å². The van der Waals surface area contributed by atoms with E-state index in [1.54, 1.807) is 0 Å². The van der Waals surface area contributed by atoms with Crippen molar-refractivity contribution in [2.45, 2.75) is 0 Å². The lowest BCUT2D eigenvalue weighted by atomic mass is 10.2. The number of carbonyl (C=O) groups is 1. The Morgan fingerprint density at radius 3 is 2.77 bits per heavy atom. The Balaban J connectivity index is 2.37. The van der Waals surface area contributed by atoms with E-state index in [-0.39, 0.29) is 0 Å². The highest BCUT2D eigenvalue weighted by atomic mass is 16.6. The van der Waals surface area contributed by atoms with Crippen molar-refractivity contribution < 1.29 is 14.7 Å². The molecule has 0 radical (unpaired) electrons. The molecule has 0 bridgehead atoms. The number of hydrogen-bond acceptors (Lipinski definition) is 3. The van der Waals surface area contributed by atoms with Crippen molar-refractivity contribution in [1.29, 1.82) is 0 Å². The SMILES string of the molecule is O=C(O)CO/N=C\c1ccccc1. The molecule has 0 unspecified atom stereocenters. The first-order valence-electron chi connectivity index (χ1n) is 3.71. The predicted octanol–water partition coefficient (Wildman–Crippen LogP) is 1.12. The van der Waals surface area contributed by atoms with Gasteiger partial charge in [-0.25, -0.2) is 4.79 Å². The van der Waals surface area contributed by atoms with Gasteiger partial charge in [0.15, 0.2) is 0 Å². The maximum atomic E-state index is 10.0. The number of nitrogens with zero attached hydrogens (tertiary/aromatic N) is 1. The molecule has 4 heteroatoms. The van der Waals surface area contributed by atoms with Crippen LogP contribution < -0.4 is 0 Å². The molecule has 4 nitrogen and oxygen atoms in total. The molecule has 13 heavy (non-hydrogen) atoms. The Morgan fingerprint density at radius 2 is 2.15 bits per heavy atom. The number of hydrogen-bond donors (Lipinski definition) is 1. The zero-order chi connectivity index (χ0) is 9.52. The molecule has 68 valence electrons. The summed E-state index contributed by atoms with van der Waals surface area (Å²) in [4.78, 5) is 14.5. The summed E-state index contributed by atoms with van der Waals surface area (Å²) in [5, 5.41) is 11.7. The van der Waals surface area contributed by atoms with Crippen LogP contribution in [0.15, 0.2) is 35.5 Å². The first-order valence-corrected chi connectivity index (χ1v) is 3.71. The molecule has 0 heterocycles. The van der Waals surface area contributed by atoms with Crippen LogP contribution in [0.5, 0.6) is 0 Å². The van der Waals surface area contributed by atoms with Gasteiger partial charge in [-0.1, -0.05) is 35.5 Å². The van der Waals surface area contributed by atoms with Gasteiger partial charge in [-0.15, -0.1) is 0 Å². The van der Waals surface area contributed by atoms with E-state index in [0.717, 1.165) is 5.56 Å². The molecule has 0 spiro atoms. The van der Waals surface area contributed by atoms with Crippen LogP contribution in [-0.4, -0.2) is 23.9 Å². The fourth-order valence-corrected chi connectivity index (χ4v) is 0.730. The molecular weight excluding hydrogens is 170 g/mol. The minimum atomic E-state index is -1.04. The summed E-state index contributed by atoms with van der Waals surface area (Å²) in [7, 11) is 0. The second-order valence-electron chi connectivity index (χ2n) is 2.31. The Morgan fingerprint density at radius 1 is 1.46 bits per heavy atom. The summed E-state index contributed by atoms with van der Waals surface area (Å²) in [5.74, 6) is -1.04. The summed E-state index contributed by atoms with van der Waals surface area (Å²) in [6.07, 6.45) is 1.46. The van der Waals surface area contributed by atoms with Crippen molar-refractivity contribution >= 4 is 12.2 Å². The number of carboxylic acids is 1. The quantitative estimate of drug-likeness (QED) is 0.556. The predicted molar refractivity (Wildman–Crippen MR) is 47.6 cm³/mol. The molecule has 1 rings (SSSR count). The molecule has 0 saturated carbocycles. The third-order valence-corrected chi connectivity index (χ3v) is 1.26. The van der Waals surface area contributed by atoms with Crippen LogP contribution in [0.4, 0.5) is 0 Å². The number of rotatable bonds is 4. The number of aliphatic carboxylic acids is 1. The van der Waals surface area contributed by atoms with Gasteiger partial charge in [-0.3, -0.25) is 0 Å². The molecule has 1 N–H and O–H groups in total. The van der Waals surface area contributed by atoms with E-state index in [1.807, 2.05) is 30.3 Å². The summed E-state index contributed by atoms with van der Waals surface area (Å²) < 4.78 is 0. The molecule has 1 aromatic carbocycles. The Bertz CT molecular complexity index is 295. The highest BCUT2D eigenvalue weighted by Crippen LogP contribution is 1.93. The average molecular weight is 179 g/mol. The van der Waals surface area contributed by atoms with Crippen molar-refractivity contribution in [2.75, 3.05) is 6.61 Å². The maximum Gasteiger partial charge on any atom is 0.344 e. The standard InChI is InChI=1S/C9H9NO3/c11-9(12)7-13-10-6-8-4-2-1-3-5-8/h1-6H,7H2,(H,11,12)/b10-6-. The Labute approximate surface area is 75.4 Å². The maximum absolute atomic E-state index is 10.0. The summed E-state index contributed by atoms with van der Waals surface area (Å²) >= 11 is 0. The van der Waals surface area contributed by atoms with Gasteiger partial charge in [0.1, 0.15) is 0 Å². The van der Waals surface area contributed by atoms with Gasteiger partial charge in [-0.05, 0) is 5.56 Å². The van der Waals surface area contributed by atoms with Gasteiger partial charge in [0.25, 0.3) is 0 Å². The summed E-state index contributed by atoms with van der Waals surface area (Å²) in [5.41, 5.74) is 0.868. The minimum absolute atomic E-state index is 0.413. The third-order valence-electron chi connectivity index (χ3n) is 1.26. The summed E-state index contributed by atoms with van der Waals surface area (Å²) in [6, 6.07) is 9.29. The monoisotopic (exact) mass is 179 g/mol. The Kier molecular flexibility index (Phi) is 3.50. The molecule has 0 aliphatic carbocycles. The van der Waals surface area contributed by atoms with E-state index < -0.39 is 12.6 Å². The van der Waals surface area contributed by atoms with Crippen molar-refractivity contribution in [3.63, 3.8) is 0 Å². The molecule has 0 saturated heterocycles. The van der Waals surface area contributed by atoms with Crippen molar-refractivity contribution in [3.8, 4) is 0 Å². The molecule has 1 aromatic rings. The fraction of sp³-hybridized carbons (Fsp3) is 0.111. The topological polar surface area (TPSA) is 58.9 Å². The highest BCUT2D eigenvalue weighted by molar-refractivity contribution is 5.78. The zero-order valence-corrected chi connectivity index (χ0v) is 6.88. The lowest BCUT2D eigenvalue weighted by Crippen LogP contribution is -2.03. The third kappa shape index (κ3) is 3.91. The van der Waals surface area contributed by atoms with Crippen LogP contribution in [0.2, 0.25) is 0 Å². The normalized spacial score (nSPS) is 10.2. The number of benzene rings is 1. The van der Waals surface area contributed by atoms with Crippen LogP contribution >= 0.6 is 0 Å². The average Bonchev–Trinajstić information content (AvgIpc) is 2.14. The van der Waals surface area contributed by atoms with Gasteiger partial charge < -0.3 is 9.94 Å². The molecule has 0 aliphatic rings. The van der Waals surface area contributed by atoms with Crippen LogP contribution in [-0.2, 0) is 9.63 Å². The van der Waals surface area contributed by atoms with E-state index >= 15 is 0 Å². The molecule has 0 fully saturated rings. The molecule has 0 amide bonds. The second kappa shape index (κ2) is 4.92. The van der Waals surface area contributed by atoms with E-state index in [4.69, 9.17) is 5.11 Å². The van der Waals surface area contributed by atoms with Crippen molar-refractivity contribution in [2.24, 2.45) is 5.16 Å². The molecular formula is C9H9NO3. The van der Waals surface area contributed by atoms with Crippen LogP contribution in [0.3, 0.4) is 0 Å². The minimum Gasteiger partial charge on any atom is -0.479 e. The molecule has 0 aliphatic heterocycles. The van der Waals surface area contributed by atoms with Crippen molar-refractivity contribution in [3.05, 3.63) is 35.9 Å². The number of carboxylic acid groups (broad SMARTS) is 1. The van der Waals surface area contributed by atoms with E-state index in [1.165, 1.54) is 6.21 Å². The van der Waals surface area contributed by atoms with E-state index in [9.17, 15) is 4.79 Å². The largest absolute Gasteiger partial charge is 0.479 e. The second-order valence-corrected chi connectivity index (χ2v) is 2.31. The fourth-order valence-electron chi connectivity index (χ4n) is 0.730. The van der Waals surface area contributed by atoms with Gasteiger partial charge >= 0.3 is 5.97 Å². The first-order chi connectivity index (χ1) is 6.29. The summed E-state index contributed by atoms with van der Waals surface area (Å²) in [6.45, 7) is -0.413. The van der Waals surface area contributed by atoms with Gasteiger partial charge in [0.05, 0.1) is 6.21 Å². The zero-order valence-electron chi connectivity index (χ0n) is 6.88. The highest BCUT2D eigenvalue weighted by Gasteiger charge is 1.92. The molecule has 0 atom stereocenters. The number of oxime groups is 1.